The molecule has 2 nitrogen and oxygen atoms in total. The van der Waals surface area contributed by atoms with Crippen LogP contribution in [0.2, 0.25) is 0 Å². The first-order valence-electron chi connectivity index (χ1n) is 7.81. The minimum Gasteiger partial charge on any atom is -0.490 e. The molecule has 1 saturated carbocycles. The summed E-state index contributed by atoms with van der Waals surface area (Å²) in [5, 5.41) is 0. The number of halogens is 2. The molecule has 21 heavy (non-hydrogen) atoms. The molecule has 0 aromatic heterocycles. The van der Waals surface area contributed by atoms with Gasteiger partial charge in [-0.05, 0) is 49.8 Å². The SMILES string of the molecule is CCOc1cc(Br)c(C(Br)C2CCCC2C)cc1OCC. The third-order valence-electron chi connectivity index (χ3n) is 4.26. The third kappa shape index (κ3) is 3.95. The molecule has 0 N–H and O–H groups in total. The number of benzene rings is 1. The van der Waals surface area contributed by atoms with Crippen molar-refractivity contribution in [2.75, 3.05) is 13.2 Å². The van der Waals surface area contributed by atoms with E-state index in [2.05, 4.69) is 44.8 Å². The topological polar surface area (TPSA) is 18.5 Å². The fraction of sp³-hybridized carbons (Fsp3) is 0.647. The largest absolute Gasteiger partial charge is 0.490 e. The van der Waals surface area contributed by atoms with Crippen LogP contribution < -0.4 is 9.47 Å². The van der Waals surface area contributed by atoms with Gasteiger partial charge in [-0.1, -0.05) is 51.6 Å². The molecule has 0 amide bonds. The summed E-state index contributed by atoms with van der Waals surface area (Å²) in [6.45, 7) is 7.64. The molecule has 1 fully saturated rings. The molecule has 0 heterocycles. The predicted octanol–water partition coefficient (Wildman–Crippen LogP) is 6.12. The van der Waals surface area contributed by atoms with Crippen LogP contribution >= 0.6 is 31.9 Å². The van der Waals surface area contributed by atoms with Crippen molar-refractivity contribution in [1.29, 1.82) is 0 Å². The molecule has 3 atom stereocenters. The minimum atomic E-state index is 0.360. The van der Waals surface area contributed by atoms with Crippen molar-refractivity contribution in [3.63, 3.8) is 0 Å². The lowest BCUT2D eigenvalue weighted by Gasteiger charge is -2.24. The molecule has 118 valence electrons. The highest BCUT2D eigenvalue weighted by Gasteiger charge is 2.31. The Labute approximate surface area is 144 Å². The Morgan fingerprint density at radius 3 is 2.29 bits per heavy atom. The number of alkyl halides is 1. The van der Waals surface area contributed by atoms with Crippen LogP contribution in [0.5, 0.6) is 11.5 Å². The third-order valence-corrected chi connectivity index (χ3v) is 6.12. The van der Waals surface area contributed by atoms with Gasteiger partial charge in [0, 0.05) is 9.30 Å². The Balaban J connectivity index is 2.31. The van der Waals surface area contributed by atoms with Crippen LogP contribution in [0.15, 0.2) is 16.6 Å². The van der Waals surface area contributed by atoms with E-state index in [1.54, 1.807) is 0 Å². The van der Waals surface area contributed by atoms with E-state index in [4.69, 9.17) is 9.47 Å². The Bertz CT molecular complexity index is 476. The zero-order chi connectivity index (χ0) is 15.4. The molecule has 0 spiro atoms. The maximum absolute atomic E-state index is 5.76. The molecule has 1 aliphatic rings. The zero-order valence-electron chi connectivity index (χ0n) is 13.0. The molecule has 1 aromatic rings. The fourth-order valence-corrected chi connectivity index (χ4v) is 5.18. The van der Waals surface area contributed by atoms with Gasteiger partial charge in [0.05, 0.1) is 13.2 Å². The van der Waals surface area contributed by atoms with Crippen LogP contribution in [-0.2, 0) is 0 Å². The highest BCUT2D eigenvalue weighted by Crippen LogP contribution is 2.48. The van der Waals surface area contributed by atoms with Gasteiger partial charge in [0.1, 0.15) is 0 Å². The summed E-state index contributed by atoms with van der Waals surface area (Å²) in [4.78, 5) is 0.360. The fourth-order valence-electron chi connectivity index (χ4n) is 3.14. The lowest BCUT2D eigenvalue weighted by atomic mass is 9.90. The Kier molecular flexibility index (Phi) is 6.42. The van der Waals surface area contributed by atoms with Crippen LogP contribution in [0.25, 0.3) is 0 Å². The van der Waals surface area contributed by atoms with E-state index in [9.17, 15) is 0 Å². The quantitative estimate of drug-likeness (QED) is 0.517. The van der Waals surface area contributed by atoms with Gasteiger partial charge < -0.3 is 9.47 Å². The first kappa shape index (κ1) is 17.1. The zero-order valence-corrected chi connectivity index (χ0v) is 16.2. The van der Waals surface area contributed by atoms with Crippen molar-refractivity contribution in [1.82, 2.24) is 0 Å². The average Bonchev–Trinajstić information content (AvgIpc) is 2.87. The summed E-state index contributed by atoms with van der Waals surface area (Å²) >= 11 is 7.63. The van der Waals surface area contributed by atoms with E-state index in [0.717, 1.165) is 21.9 Å². The number of ether oxygens (including phenoxy) is 2. The van der Waals surface area contributed by atoms with Crippen molar-refractivity contribution >= 4 is 31.9 Å². The van der Waals surface area contributed by atoms with Crippen molar-refractivity contribution in [2.45, 2.75) is 44.9 Å². The van der Waals surface area contributed by atoms with Crippen LogP contribution in [0.1, 0.15) is 50.4 Å². The predicted molar refractivity (Wildman–Crippen MR) is 94.7 cm³/mol. The van der Waals surface area contributed by atoms with E-state index in [-0.39, 0.29) is 0 Å². The van der Waals surface area contributed by atoms with Crippen molar-refractivity contribution in [3.05, 3.63) is 22.2 Å². The molecular weight excluding hydrogens is 396 g/mol. The average molecular weight is 420 g/mol. The molecule has 3 unspecified atom stereocenters. The number of hydrogen-bond acceptors (Lipinski definition) is 2. The summed E-state index contributed by atoms with van der Waals surface area (Å²) in [5.41, 5.74) is 1.26. The highest BCUT2D eigenvalue weighted by atomic mass is 79.9. The number of hydrogen-bond donors (Lipinski definition) is 0. The maximum Gasteiger partial charge on any atom is 0.162 e. The van der Waals surface area contributed by atoms with Crippen LogP contribution in [0.3, 0.4) is 0 Å². The molecule has 0 saturated heterocycles. The normalized spacial score (nSPS) is 23.1. The molecule has 0 aliphatic heterocycles. The maximum atomic E-state index is 5.76. The van der Waals surface area contributed by atoms with Crippen LogP contribution in [-0.4, -0.2) is 13.2 Å². The molecule has 0 bridgehead atoms. The van der Waals surface area contributed by atoms with Crippen molar-refractivity contribution in [3.8, 4) is 11.5 Å². The molecule has 0 radical (unpaired) electrons. The smallest absolute Gasteiger partial charge is 0.162 e. The summed E-state index contributed by atoms with van der Waals surface area (Å²) in [6.07, 6.45) is 3.96. The van der Waals surface area contributed by atoms with E-state index in [1.807, 2.05) is 19.9 Å². The van der Waals surface area contributed by atoms with Gasteiger partial charge in [-0.3, -0.25) is 0 Å². The summed E-state index contributed by atoms with van der Waals surface area (Å²) < 4.78 is 12.5. The first-order valence-corrected chi connectivity index (χ1v) is 9.52. The molecular formula is C17H24Br2O2. The molecule has 1 aliphatic carbocycles. The second kappa shape index (κ2) is 7.87. The highest BCUT2D eigenvalue weighted by molar-refractivity contribution is 9.11. The molecule has 2 rings (SSSR count). The van der Waals surface area contributed by atoms with E-state index in [1.165, 1.54) is 24.8 Å². The second-order valence-electron chi connectivity index (χ2n) is 5.66. The van der Waals surface area contributed by atoms with Crippen LogP contribution in [0, 0.1) is 11.8 Å². The van der Waals surface area contributed by atoms with E-state index >= 15 is 0 Å². The van der Waals surface area contributed by atoms with E-state index in [0.29, 0.717) is 24.0 Å². The summed E-state index contributed by atoms with van der Waals surface area (Å²) in [6, 6.07) is 4.17. The molecule has 4 heteroatoms. The molecule has 1 aromatic carbocycles. The Morgan fingerprint density at radius 2 is 1.76 bits per heavy atom. The standard InChI is InChI=1S/C17H24Br2O2/c1-4-20-15-9-13(14(18)10-16(15)21-5-2)17(19)12-8-6-7-11(12)3/h9-12,17H,4-8H2,1-3H3. The van der Waals surface area contributed by atoms with E-state index < -0.39 is 0 Å². The number of rotatable bonds is 6. The second-order valence-corrected chi connectivity index (χ2v) is 7.50. The van der Waals surface area contributed by atoms with Gasteiger partial charge in [0.2, 0.25) is 0 Å². The van der Waals surface area contributed by atoms with Gasteiger partial charge in [-0.2, -0.15) is 0 Å². The van der Waals surface area contributed by atoms with Gasteiger partial charge in [0.15, 0.2) is 11.5 Å². The van der Waals surface area contributed by atoms with Crippen LogP contribution in [0.4, 0.5) is 0 Å². The van der Waals surface area contributed by atoms with Gasteiger partial charge in [-0.15, -0.1) is 0 Å². The monoisotopic (exact) mass is 418 g/mol. The summed E-state index contributed by atoms with van der Waals surface area (Å²) in [5.74, 6) is 3.11. The lowest BCUT2D eigenvalue weighted by molar-refractivity contribution is 0.287. The lowest BCUT2D eigenvalue weighted by Crippen LogP contribution is -2.11. The Morgan fingerprint density at radius 1 is 1.14 bits per heavy atom. The van der Waals surface area contributed by atoms with Gasteiger partial charge >= 0.3 is 0 Å². The summed E-state index contributed by atoms with van der Waals surface area (Å²) in [7, 11) is 0. The van der Waals surface area contributed by atoms with Crippen molar-refractivity contribution < 1.29 is 9.47 Å². The minimum absolute atomic E-state index is 0.360. The Hall–Kier alpha value is -0.220. The van der Waals surface area contributed by atoms with Gasteiger partial charge in [-0.25, -0.2) is 0 Å². The van der Waals surface area contributed by atoms with Crippen molar-refractivity contribution in [2.24, 2.45) is 11.8 Å². The van der Waals surface area contributed by atoms with Gasteiger partial charge in [0.25, 0.3) is 0 Å². The first-order chi connectivity index (χ1) is 10.1.